The molecule has 146 valence electrons. The van der Waals surface area contributed by atoms with Gasteiger partial charge in [0.2, 0.25) is 5.91 Å². The van der Waals surface area contributed by atoms with Gasteiger partial charge in [-0.3, -0.25) is 14.5 Å². The average molecular weight is 377 g/mol. The maximum Gasteiger partial charge on any atom is 0.251 e. The first-order chi connectivity index (χ1) is 13.6. The molecule has 2 amide bonds. The Labute approximate surface area is 166 Å². The molecule has 5 heteroatoms. The molecule has 1 saturated carbocycles. The number of hydrogen-bond acceptors (Lipinski definition) is 3. The van der Waals surface area contributed by atoms with Crippen molar-refractivity contribution in [3.8, 4) is 0 Å². The topological polar surface area (TPSA) is 61.4 Å². The van der Waals surface area contributed by atoms with Gasteiger partial charge < -0.3 is 10.6 Å². The third kappa shape index (κ3) is 4.60. The highest BCUT2D eigenvalue weighted by Gasteiger charge is 2.27. The first-order valence-electron chi connectivity index (χ1n) is 10.1. The molecule has 0 bridgehead atoms. The Morgan fingerprint density at radius 1 is 1.07 bits per heavy atom. The summed E-state index contributed by atoms with van der Waals surface area (Å²) < 4.78 is 0. The van der Waals surface area contributed by atoms with E-state index < -0.39 is 0 Å². The maximum absolute atomic E-state index is 12.6. The minimum atomic E-state index is -0.0717. The smallest absolute Gasteiger partial charge is 0.251 e. The van der Waals surface area contributed by atoms with Crippen LogP contribution in [0.3, 0.4) is 0 Å². The number of nitrogens with zero attached hydrogens (tertiary/aromatic N) is 1. The van der Waals surface area contributed by atoms with Crippen LogP contribution in [0.4, 0.5) is 5.69 Å². The highest BCUT2D eigenvalue weighted by atomic mass is 16.2. The molecule has 1 saturated heterocycles. The van der Waals surface area contributed by atoms with Crippen LogP contribution >= 0.6 is 0 Å². The molecule has 0 spiro atoms. The number of benzene rings is 2. The molecule has 2 fully saturated rings. The summed E-state index contributed by atoms with van der Waals surface area (Å²) in [6.07, 6.45) is 4.29. The van der Waals surface area contributed by atoms with Gasteiger partial charge >= 0.3 is 0 Å². The Hall–Kier alpha value is -2.66. The second-order valence-electron chi connectivity index (χ2n) is 7.92. The van der Waals surface area contributed by atoms with Crippen molar-refractivity contribution in [1.29, 1.82) is 0 Å². The van der Waals surface area contributed by atoms with Gasteiger partial charge in [-0.25, -0.2) is 0 Å². The molecular weight excluding hydrogens is 350 g/mol. The van der Waals surface area contributed by atoms with Crippen LogP contribution in [-0.2, 0) is 4.79 Å². The van der Waals surface area contributed by atoms with Crippen LogP contribution in [-0.4, -0.2) is 35.8 Å². The Balaban J connectivity index is 1.37. The van der Waals surface area contributed by atoms with E-state index >= 15 is 0 Å². The lowest BCUT2D eigenvalue weighted by atomic mass is 10.0. The van der Waals surface area contributed by atoms with E-state index in [-0.39, 0.29) is 11.8 Å². The van der Waals surface area contributed by atoms with Crippen molar-refractivity contribution in [2.24, 2.45) is 0 Å². The number of likely N-dealkylation sites (tertiary alicyclic amines) is 1. The van der Waals surface area contributed by atoms with Crippen LogP contribution in [0.1, 0.15) is 53.2 Å². The van der Waals surface area contributed by atoms with Crippen molar-refractivity contribution >= 4 is 17.5 Å². The molecule has 1 aliphatic carbocycles. The van der Waals surface area contributed by atoms with E-state index in [0.717, 1.165) is 32.2 Å². The molecule has 0 aromatic heterocycles. The van der Waals surface area contributed by atoms with E-state index in [4.69, 9.17) is 0 Å². The van der Waals surface area contributed by atoms with E-state index in [1.165, 1.54) is 11.1 Å². The molecule has 0 unspecified atom stereocenters. The predicted octanol–water partition coefficient (Wildman–Crippen LogP) is 3.66. The standard InChI is InChI=1S/C23H27N3O2/c1-16-7-9-17(10-8-16)21-6-3-13-26(21)15-22(27)24-20-5-2-4-18(14-20)23(28)25-19-11-12-19/h2,4-5,7-10,14,19,21H,3,6,11-13,15H2,1H3,(H,24,27)(H,25,28)/t21-/m0/s1. The predicted molar refractivity (Wildman–Crippen MR) is 110 cm³/mol. The summed E-state index contributed by atoms with van der Waals surface area (Å²) in [5, 5.41) is 5.93. The van der Waals surface area contributed by atoms with Crippen LogP contribution in [0.2, 0.25) is 0 Å². The van der Waals surface area contributed by atoms with Crippen LogP contribution < -0.4 is 10.6 Å². The second-order valence-corrected chi connectivity index (χ2v) is 7.92. The van der Waals surface area contributed by atoms with Crippen LogP contribution in [0.25, 0.3) is 0 Å². The van der Waals surface area contributed by atoms with E-state index in [1.54, 1.807) is 12.1 Å². The number of nitrogens with one attached hydrogen (secondary N) is 2. The van der Waals surface area contributed by atoms with Crippen molar-refractivity contribution in [3.05, 3.63) is 65.2 Å². The first kappa shape index (κ1) is 18.7. The molecule has 1 atom stereocenters. The molecule has 2 aliphatic rings. The van der Waals surface area contributed by atoms with Crippen LogP contribution in [0.5, 0.6) is 0 Å². The molecule has 4 rings (SSSR count). The zero-order valence-electron chi connectivity index (χ0n) is 16.3. The third-order valence-electron chi connectivity index (χ3n) is 5.49. The van der Waals surface area contributed by atoms with E-state index in [9.17, 15) is 9.59 Å². The Bertz CT molecular complexity index is 858. The Morgan fingerprint density at radius 2 is 1.86 bits per heavy atom. The van der Waals surface area contributed by atoms with Gasteiger partial charge in [-0.15, -0.1) is 0 Å². The van der Waals surface area contributed by atoms with Crippen molar-refractivity contribution in [2.75, 3.05) is 18.4 Å². The normalized spacial score (nSPS) is 19.4. The van der Waals surface area contributed by atoms with Crippen molar-refractivity contribution in [3.63, 3.8) is 0 Å². The third-order valence-corrected chi connectivity index (χ3v) is 5.49. The van der Waals surface area contributed by atoms with Gasteiger partial charge in [0, 0.05) is 23.3 Å². The van der Waals surface area contributed by atoms with Crippen molar-refractivity contribution < 1.29 is 9.59 Å². The summed E-state index contributed by atoms with van der Waals surface area (Å²) >= 11 is 0. The van der Waals surface area contributed by atoms with Gasteiger partial charge in [-0.05, 0) is 62.9 Å². The molecule has 5 nitrogen and oxygen atoms in total. The Morgan fingerprint density at radius 3 is 2.61 bits per heavy atom. The summed E-state index contributed by atoms with van der Waals surface area (Å²) in [7, 11) is 0. The van der Waals surface area contributed by atoms with Gasteiger partial charge in [0.1, 0.15) is 0 Å². The van der Waals surface area contributed by atoms with Gasteiger partial charge in [0.15, 0.2) is 0 Å². The lowest BCUT2D eigenvalue weighted by Crippen LogP contribution is -2.33. The molecule has 2 aromatic rings. The summed E-state index contributed by atoms with van der Waals surface area (Å²) in [6, 6.07) is 16.4. The summed E-state index contributed by atoms with van der Waals surface area (Å²) in [5.74, 6) is -0.115. The molecule has 2 N–H and O–H groups in total. The average Bonchev–Trinajstić information content (AvgIpc) is 3.38. The molecule has 1 aliphatic heterocycles. The highest BCUT2D eigenvalue weighted by molar-refractivity contribution is 5.97. The minimum Gasteiger partial charge on any atom is -0.349 e. The number of anilines is 1. The van der Waals surface area contributed by atoms with Crippen molar-refractivity contribution in [2.45, 2.75) is 44.7 Å². The lowest BCUT2D eigenvalue weighted by Gasteiger charge is -2.24. The number of carbonyl (C=O) groups excluding carboxylic acids is 2. The van der Waals surface area contributed by atoms with Gasteiger partial charge in [-0.1, -0.05) is 35.9 Å². The molecule has 0 radical (unpaired) electrons. The summed E-state index contributed by atoms with van der Waals surface area (Å²) in [4.78, 5) is 27.1. The quantitative estimate of drug-likeness (QED) is 0.808. The number of aryl methyl sites for hydroxylation is 1. The first-order valence-corrected chi connectivity index (χ1v) is 10.1. The number of hydrogen-bond donors (Lipinski definition) is 2. The number of rotatable bonds is 6. The second kappa shape index (κ2) is 8.15. The lowest BCUT2D eigenvalue weighted by molar-refractivity contribution is -0.117. The highest BCUT2D eigenvalue weighted by Crippen LogP contribution is 2.31. The molecule has 1 heterocycles. The van der Waals surface area contributed by atoms with E-state index in [0.29, 0.717) is 29.9 Å². The maximum atomic E-state index is 12.6. The number of carbonyl (C=O) groups is 2. The fourth-order valence-corrected chi connectivity index (χ4v) is 3.80. The van der Waals surface area contributed by atoms with E-state index in [1.807, 2.05) is 12.1 Å². The summed E-state index contributed by atoms with van der Waals surface area (Å²) in [6.45, 7) is 3.37. The molecule has 28 heavy (non-hydrogen) atoms. The van der Waals surface area contributed by atoms with Crippen LogP contribution in [0, 0.1) is 6.92 Å². The minimum absolute atomic E-state index is 0.0428. The van der Waals surface area contributed by atoms with Gasteiger partial charge in [0.05, 0.1) is 6.54 Å². The zero-order chi connectivity index (χ0) is 19.5. The van der Waals surface area contributed by atoms with Gasteiger partial charge in [0.25, 0.3) is 5.91 Å². The molecular formula is C23H27N3O2. The van der Waals surface area contributed by atoms with E-state index in [2.05, 4.69) is 46.7 Å². The van der Waals surface area contributed by atoms with Gasteiger partial charge in [-0.2, -0.15) is 0 Å². The Kier molecular flexibility index (Phi) is 5.44. The summed E-state index contributed by atoms with van der Waals surface area (Å²) in [5.41, 5.74) is 3.77. The zero-order valence-corrected chi connectivity index (χ0v) is 16.3. The van der Waals surface area contributed by atoms with Crippen LogP contribution in [0.15, 0.2) is 48.5 Å². The fourth-order valence-electron chi connectivity index (χ4n) is 3.80. The monoisotopic (exact) mass is 377 g/mol. The largest absolute Gasteiger partial charge is 0.349 e. The molecule has 2 aromatic carbocycles. The number of amides is 2. The SMILES string of the molecule is Cc1ccc([C@@H]2CCCN2CC(=O)Nc2cccc(C(=O)NC3CC3)c2)cc1. The van der Waals surface area contributed by atoms with Crippen molar-refractivity contribution in [1.82, 2.24) is 10.2 Å². The fraction of sp³-hybridized carbons (Fsp3) is 0.391.